The maximum absolute atomic E-state index is 11.4. The number of allylic oxidation sites excluding steroid dienone is 1. The molecule has 1 heteroatoms. The Morgan fingerprint density at radius 1 is 1.64 bits per heavy atom. The fourth-order valence-corrected chi connectivity index (χ4v) is 1.01. The minimum atomic E-state index is -0.337. The second-order valence-corrected chi connectivity index (χ2v) is 2.90. The first-order chi connectivity index (χ1) is 5.10. The molecular formula is C10H16O. The van der Waals surface area contributed by atoms with Crippen molar-refractivity contribution in [2.24, 2.45) is 5.41 Å². The fraction of sp³-hybridized carbons (Fsp3) is 0.600. The molecule has 0 N–H and O–H groups in total. The van der Waals surface area contributed by atoms with Crippen LogP contribution in [0.25, 0.3) is 0 Å². The molecule has 0 aromatic heterocycles. The SMILES string of the molecule is C=C=CC(C)(CC)C(=O)CC. The van der Waals surface area contributed by atoms with E-state index >= 15 is 0 Å². The van der Waals surface area contributed by atoms with Gasteiger partial charge in [0, 0.05) is 6.42 Å². The molecule has 11 heavy (non-hydrogen) atoms. The van der Waals surface area contributed by atoms with Gasteiger partial charge in [-0.05, 0) is 19.4 Å². The third-order valence-electron chi connectivity index (χ3n) is 2.11. The molecule has 0 aromatic carbocycles. The average Bonchev–Trinajstić information content (AvgIpc) is 2.03. The largest absolute Gasteiger partial charge is 0.299 e. The summed E-state index contributed by atoms with van der Waals surface area (Å²) in [5.74, 6) is 0.260. The van der Waals surface area contributed by atoms with Crippen LogP contribution in [-0.4, -0.2) is 5.78 Å². The summed E-state index contributed by atoms with van der Waals surface area (Å²) in [5.41, 5.74) is 2.34. The highest BCUT2D eigenvalue weighted by Gasteiger charge is 2.25. The Bertz CT molecular complexity index is 187. The van der Waals surface area contributed by atoms with Crippen LogP contribution in [0.3, 0.4) is 0 Å². The van der Waals surface area contributed by atoms with Crippen LogP contribution in [0.5, 0.6) is 0 Å². The van der Waals surface area contributed by atoms with Gasteiger partial charge in [0.25, 0.3) is 0 Å². The van der Waals surface area contributed by atoms with Gasteiger partial charge in [0.2, 0.25) is 0 Å². The van der Waals surface area contributed by atoms with Crippen molar-refractivity contribution in [3.63, 3.8) is 0 Å². The third-order valence-corrected chi connectivity index (χ3v) is 2.11. The number of hydrogen-bond donors (Lipinski definition) is 0. The monoisotopic (exact) mass is 152 g/mol. The summed E-state index contributed by atoms with van der Waals surface area (Å²) in [6.07, 6.45) is 3.17. The van der Waals surface area contributed by atoms with Gasteiger partial charge in [0.05, 0.1) is 5.41 Å². The summed E-state index contributed by atoms with van der Waals surface area (Å²) >= 11 is 0. The van der Waals surface area contributed by atoms with Crippen LogP contribution in [0.1, 0.15) is 33.6 Å². The predicted octanol–water partition coefficient (Wildman–Crippen LogP) is 2.72. The topological polar surface area (TPSA) is 17.1 Å². The Labute approximate surface area is 68.8 Å². The molecule has 0 saturated heterocycles. The predicted molar refractivity (Wildman–Crippen MR) is 47.4 cm³/mol. The van der Waals surface area contributed by atoms with Gasteiger partial charge < -0.3 is 0 Å². The van der Waals surface area contributed by atoms with Crippen LogP contribution >= 0.6 is 0 Å². The molecule has 0 heterocycles. The molecule has 62 valence electrons. The van der Waals surface area contributed by atoms with Crippen LogP contribution in [0, 0.1) is 5.41 Å². The zero-order valence-corrected chi connectivity index (χ0v) is 7.61. The molecule has 0 rings (SSSR count). The summed E-state index contributed by atoms with van der Waals surface area (Å²) in [4.78, 5) is 11.4. The van der Waals surface area contributed by atoms with Gasteiger partial charge in [0.15, 0.2) is 0 Å². The average molecular weight is 152 g/mol. The quantitative estimate of drug-likeness (QED) is 0.566. The van der Waals surface area contributed by atoms with Gasteiger partial charge in [-0.1, -0.05) is 20.4 Å². The first-order valence-electron chi connectivity index (χ1n) is 4.01. The highest BCUT2D eigenvalue weighted by molar-refractivity contribution is 5.85. The lowest BCUT2D eigenvalue weighted by molar-refractivity contribution is -0.125. The molecular weight excluding hydrogens is 136 g/mol. The highest BCUT2D eigenvalue weighted by atomic mass is 16.1. The fourth-order valence-electron chi connectivity index (χ4n) is 1.01. The van der Waals surface area contributed by atoms with E-state index in [0.717, 1.165) is 6.42 Å². The van der Waals surface area contributed by atoms with Gasteiger partial charge in [-0.3, -0.25) is 4.79 Å². The summed E-state index contributed by atoms with van der Waals surface area (Å²) in [6, 6.07) is 0. The van der Waals surface area contributed by atoms with Crippen molar-refractivity contribution in [3.8, 4) is 0 Å². The zero-order chi connectivity index (χ0) is 8.91. The van der Waals surface area contributed by atoms with Crippen molar-refractivity contribution < 1.29 is 4.79 Å². The lowest BCUT2D eigenvalue weighted by Crippen LogP contribution is -2.23. The Morgan fingerprint density at radius 2 is 2.18 bits per heavy atom. The summed E-state index contributed by atoms with van der Waals surface area (Å²) < 4.78 is 0. The van der Waals surface area contributed by atoms with E-state index in [1.54, 1.807) is 6.08 Å². The van der Waals surface area contributed by atoms with Crippen LogP contribution in [0.4, 0.5) is 0 Å². The first-order valence-corrected chi connectivity index (χ1v) is 4.01. The van der Waals surface area contributed by atoms with E-state index in [-0.39, 0.29) is 11.2 Å². The molecule has 1 unspecified atom stereocenters. The number of carbonyl (C=O) groups excluding carboxylic acids is 1. The molecule has 1 atom stereocenters. The highest BCUT2D eigenvalue weighted by Crippen LogP contribution is 2.24. The van der Waals surface area contributed by atoms with Crippen LogP contribution in [0.2, 0.25) is 0 Å². The standard InChI is InChI=1S/C10H16O/c1-5-8-10(4,7-3)9(11)6-2/h8H,1,6-7H2,2-4H3. The molecule has 0 aliphatic rings. The molecule has 1 nitrogen and oxygen atoms in total. The number of Topliss-reactive ketones (excluding diaryl/α,β-unsaturated/α-hetero) is 1. The van der Waals surface area contributed by atoms with Crippen LogP contribution in [-0.2, 0) is 4.79 Å². The normalized spacial score (nSPS) is 14.8. The maximum Gasteiger partial charge on any atom is 0.142 e. The van der Waals surface area contributed by atoms with E-state index in [1.165, 1.54) is 0 Å². The first kappa shape index (κ1) is 10.2. The Balaban J connectivity index is 4.58. The molecule has 0 aromatic rings. The van der Waals surface area contributed by atoms with E-state index in [4.69, 9.17) is 0 Å². The van der Waals surface area contributed by atoms with E-state index in [2.05, 4.69) is 12.3 Å². The number of hydrogen-bond acceptors (Lipinski definition) is 1. The van der Waals surface area contributed by atoms with Crippen molar-refractivity contribution in [2.45, 2.75) is 33.6 Å². The molecule has 0 aliphatic heterocycles. The van der Waals surface area contributed by atoms with E-state index in [0.29, 0.717) is 6.42 Å². The van der Waals surface area contributed by atoms with Crippen LogP contribution < -0.4 is 0 Å². The summed E-state index contributed by atoms with van der Waals surface area (Å²) in [5, 5.41) is 0. The maximum atomic E-state index is 11.4. The Morgan fingerprint density at radius 3 is 2.45 bits per heavy atom. The molecule has 0 amide bonds. The van der Waals surface area contributed by atoms with Crippen LogP contribution in [0.15, 0.2) is 18.4 Å². The molecule has 0 aliphatic carbocycles. The van der Waals surface area contributed by atoms with Crippen molar-refractivity contribution in [3.05, 3.63) is 18.4 Å². The minimum Gasteiger partial charge on any atom is -0.299 e. The van der Waals surface area contributed by atoms with Gasteiger partial charge >= 0.3 is 0 Å². The number of carbonyl (C=O) groups is 1. The lowest BCUT2D eigenvalue weighted by atomic mass is 9.82. The molecule has 0 bridgehead atoms. The molecule has 0 saturated carbocycles. The van der Waals surface area contributed by atoms with Gasteiger partial charge in [-0.2, -0.15) is 0 Å². The lowest BCUT2D eigenvalue weighted by Gasteiger charge is -2.20. The van der Waals surface area contributed by atoms with Crippen molar-refractivity contribution in [2.75, 3.05) is 0 Å². The molecule has 0 fully saturated rings. The van der Waals surface area contributed by atoms with E-state index in [9.17, 15) is 4.79 Å². The third kappa shape index (κ3) is 2.36. The zero-order valence-electron chi connectivity index (χ0n) is 7.61. The molecule has 0 radical (unpaired) electrons. The summed E-state index contributed by atoms with van der Waals surface area (Å²) in [6.45, 7) is 9.29. The van der Waals surface area contributed by atoms with Gasteiger partial charge in [0.1, 0.15) is 5.78 Å². The number of ketones is 1. The second-order valence-electron chi connectivity index (χ2n) is 2.90. The second kappa shape index (κ2) is 4.15. The minimum absolute atomic E-state index is 0.260. The number of rotatable bonds is 4. The van der Waals surface area contributed by atoms with Crippen molar-refractivity contribution >= 4 is 5.78 Å². The van der Waals surface area contributed by atoms with Crippen molar-refractivity contribution in [1.82, 2.24) is 0 Å². The molecule has 0 spiro atoms. The Kier molecular flexibility index (Phi) is 3.84. The van der Waals surface area contributed by atoms with E-state index < -0.39 is 0 Å². The van der Waals surface area contributed by atoms with Gasteiger partial charge in [-0.25, -0.2) is 0 Å². The van der Waals surface area contributed by atoms with Gasteiger partial charge in [-0.15, -0.1) is 5.73 Å². The van der Waals surface area contributed by atoms with Crippen molar-refractivity contribution in [1.29, 1.82) is 0 Å². The smallest absolute Gasteiger partial charge is 0.142 e. The van der Waals surface area contributed by atoms with E-state index in [1.807, 2.05) is 20.8 Å². The Hall–Kier alpha value is -0.810. The summed E-state index contributed by atoms with van der Waals surface area (Å²) in [7, 11) is 0.